The van der Waals surface area contributed by atoms with Gasteiger partial charge in [0.2, 0.25) is 0 Å². The summed E-state index contributed by atoms with van der Waals surface area (Å²) in [6.45, 7) is 0. The second-order valence-corrected chi connectivity index (χ2v) is 10.5. The standard InChI is InChI=1S/C28H24O2S2/c1-29-23-7-3-5-17-9-11-19(13-21(17)23)25-15-27-28(31-25)16-26(32-27)20-12-10-18-6-4-8-24(30-2)22(18)14-20/h3-6,9-16,23-24H,7-8H2,1-2H3. The van der Waals surface area contributed by atoms with Crippen molar-refractivity contribution < 1.29 is 9.47 Å². The maximum Gasteiger partial charge on any atom is 0.0861 e. The number of methoxy groups -OCH3 is 2. The fourth-order valence-electron chi connectivity index (χ4n) is 4.78. The van der Waals surface area contributed by atoms with Crippen LogP contribution in [0.2, 0.25) is 0 Å². The van der Waals surface area contributed by atoms with Gasteiger partial charge in [-0.05, 0) is 70.5 Å². The monoisotopic (exact) mass is 456 g/mol. The SMILES string of the molecule is COC1CC=Cc2ccc(-c3cc4sc(-c5ccc6c(c5)C(OC)CC=C6)cc4s3)cc21. The van der Waals surface area contributed by atoms with Crippen LogP contribution < -0.4 is 0 Å². The summed E-state index contributed by atoms with van der Waals surface area (Å²) >= 11 is 3.75. The van der Waals surface area contributed by atoms with Crippen LogP contribution in [0.4, 0.5) is 0 Å². The van der Waals surface area contributed by atoms with Crippen LogP contribution >= 0.6 is 22.7 Å². The fraction of sp³-hybridized carbons (Fsp3) is 0.214. The molecule has 0 aliphatic heterocycles. The van der Waals surface area contributed by atoms with Gasteiger partial charge in [-0.2, -0.15) is 0 Å². The summed E-state index contributed by atoms with van der Waals surface area (Å²) in [6.07, 6.45) is 11.0. The van der Waals surface area contributed by atoms with E-state index in [9.17, 15) is 0 Å². The maximum atomic E-state index is 5.71. The Labute approximate surface area is 196 Å². The summed E-state index contributed by atoms with van der Waals surface area (Å²) in [6, 6.07) is 18.2. The van der Waals surface area contributed by atoms with E-state index >= 15 is 0 Å². The van der Waals surface area contributed by atoms with Crippen LogP contribution in [-0.4, -0.2) is 14.2 Å². The Balaban J connectivity index is 1.35. The van der Waals surface area contributed by atoms with Gasteiger partial charge in [0.1, 0.15) is 0 Å². The molecule has 32 heavy (non-hydrogen) atoms. The molecule has 2 aliphatic rings. The van der Waals surface area contributed by atoms with Crippen LogP contribution in [-0.2, 0) is 9.47 Å². The van der Waals surface area contributed by atoms with E-state index in [1.165, 1.54) is 52.5 Å². The minimum Gasteiger partial charge on any atom is -0.376 e. The Hall–Kier alpha value is -2.50. The van der Waals surface area contributed by atoms with Gasteiger partial charge < -0.3 is 9.47 Å². The Morgan fingerprint density at radius 2 is 1.12 bits per heavy atom. The van der Waals surface area contributed by atoms with Gasteiger partial charge in [-0.15, -0.1) is 22.7 Å². The molecule has 2 nitrogen and oxygen atoms in total. The van der Waals surface area contributed by atoms with Gasteiger partial charge in [-0.3, -0.25) is 0 Å². The number of benzene rings is 2. The highest BCUT2D eigenvalue weighted by Gasteiger charge is 2.20. The third-order valence-corrected chi connectivity index (χ3v) is 8.90. The normalized spacial score (nSPS) is 19.3. The van der Waals surface area contributed by atoms with Crippen molar-refractivity contribution in [2.24, 2.45) is 0 Å². The molecule has 0 amide bonds. The van der Waals surface area contributed by atoms with Gasteiger partial charge in [0.05, 0.1) is 12.2 Å². The van der Waals surface area contributed by atoms with Crippen molar-refractivity contribution in [3.05, 3.63) is 82.9 Å². The molecule has 0 spiro atoms. The largest absolute Gasteiger partial charge is 0.376 e. The van der Waals surface area contributed by atoms with Crippen molar-refractivity contribution in [3.63, 3.8) is 0 Å². The topological polar surface area (TPSA) is 18.5 Å². The van der Waals surface area contributed by atoms with Gasteiger partial charge in [-0.1, -0.05) is 48.6 Å². The molecular formula is C28H24O2S2. The average molecular weight is 457 g/mol. The van der Waals surface area contributed by atoms with Gasteiger partial charge in [-0.25, -0.2) is 0 Å². The summed E-state index contributed by atoms with van der Waals surface area (Å²) in [5, 5.41) is 0. The molecule has 0 radical (unpaired) electrons. The summed E-state index contributed by atoms with van der Waals surface area (Å²) in [5.41, 5.74) is 7.67. The lowest BCUT2D eigenvalue weighted by Crippen LogP contribution is -2.05. The van der Waals surface area contributed by atoms with E-state index in [0.717, 1.165) is 12.8 Å². The summed E-state index contributed by atoms with van der Waals surface area (Å²) in [7, 11) is 3.60. The van der Waals surface area contributed by atoms with Crippen LogP contribution in [0.3, 0.4) is 0 Å². The number of hydrogen-bond donors (Lipinski definition) is 0. The molecule has 0 N–H and O–H groups in total. The van der Waals surface area contributed by atoms with Crippen LogP contribution in [0.25, 0.3) is 42.4 Å². The molecule has 160 valence electrons. The first-order chi connectivity index (χ1) is 15.7. The first-order valence-electron chi connectivity index (χ1n) is 10.9. The molecule has 4 heteroatoms. The van der Waals surface area contributed by atoms with Crippen molar-refractivity contribution in [1.82, 2.24) is 0 Å². The molecule has 2 heterocycles. The van der Waals surface area contributed by atoms with E-state index < -0.39 is 0 Å². The first kappa shape index (κ1) is 20.1. The summed E-state index contributed by atoms with van der Waals surface area (Å²) in [5.74, 6) is 0. The van der Waals surface area contributed by atoms with Gasteiger partial charge in [0.15, 0.2) is 0 Å². The van der Waals surface area contributed by atoms with Gasteiger partial charge in [0, 0.05) is 33.4 Å². The second kappa shape index (κ2) is 8.13. The number of hydrogen-bond acceptors (Lipinski definition) is 4. The van der Waals surface area contributed by atoms with E-state index in [4.69, 9.17) is 9.47 Å². The highest BCUT2D eigenvalue weighted by molar-refractivity contribution is 7.31. The van der Waals surface area contributed by atoms with E-state index in [1.54, 1.807) is 14.2 Å². The second-order valence-electron chi connectivity index (χ2n) is 8.36. The summed E-state index contributed by atoms with van der Waals surface area (Å²) < 4.78 is 14.1. The first-order valence-corrected chi connectivity index (χ1v) is 12.6. The van der Waals surface area contributed by atoms with E-state index in [0.29, 0.717) is 0 Å². The molecular weight excluding hydrogens is 432 g/mol. The van der Waals surface area contributed by atoms with E-state index in [1.807, 2.05) is 22.7 Å². The third kappa shape index (κ3) is 3.39. The zero-order valence-electron chi connectivity index (χ0n) is 18.1. The minimum absolute atomic E-state index is 0.150. The van der Waals surface area contributed by atoms with Gasteiger partial charge >= 0.3 is 0 Å². The minimum atomic E-state index is 0.150. The molecule has 2 unspecified atom stereocenters. The van der Waals surface area contributed by atoms with Crippen molar-refractivity contribution in [2.45, 2.75) is 25.0 Å². The van der Waals surface area contributed by atoms with E-state index in [-0.39, 0.29) is 12.2 Å². The Bertz CT molecular complexity index is 1240. The summed E-state index contributed by atoms with van der Waals surface area (Å²) in [4.78, 5) is 2.64. The van der Waals surface area contributed by atoms with Crippen LogP contribution in [0, 0.1) is 0 Å². The van der Waals surface area contributed by atoms with Crippen LogP contribution in [0.15, 0.2) is 60.7 Å². The number of rotatable bonds is 4. The number of ether oxygens (including phenoxy) is 2. The molecule has 0 saturated heterocycles. The molecule has 0 bridgehead atoms. The molecule has 6 rings (SSSR count). The molecule has 0 fully saturated rings. The molecule has 2 atom stereocenters. The predicted octanol–water partition coefficient (Wildman–Crippen LogP) is 8.51. The lowest BCUT2D eigenvalue weighted by molar-refractivity contribution is 0.105. The van der Waals surface area contributed by atoms with Crippen molar-refractivity contribution in [1.29, 1.82) is 0 Å². The van der Waals surface area contributed by atoms with Crippen LogP contribution in [0.1, 0.15) is 47.3 Å². The van der Waals surface area contributed by atoms with Crippen molar-refractivity contribution in [2.75, 3.05) is 14.2 Å². The fourth-order valence-corrected chi connectivity index (χ4v) is 7.16. The molecule has 2 aliphatic carbocycles. The Morgan fingerprint density at radius 1 is 0.656 bits per heavy atom. The predicted molar refractivity (Wildman–Crippen MR) is 137 cm³/mol. The Morgan fingerprint density at radius 3 is 1.56 bits per heavy atom. The maximum absolute atomic E-state index is 5.71. The molecule has 2 aromatic carbocycles. The van der Waals surface area contributed by atoms with Gasteiger partial charge in [0.25, 0.3) is 0 Å². The van der Waals surface area contributed by atoms with Crippen molar-refractivity contribution in [3.8, 4) is 20.9 Å². The smallest absolute Gasteiger partial charge is 0.0861 e. The lowest BCUT2D eigenvalue weighted by atomic mass is 9.92. The molecule has 4 aromatic rings. The number of thiophene rings is 2. The molecule has 2 aromatic heterocycles. The van der Waals surface area contributed by atoms with Crippen molar-refractivity contribution >= 4 is 44.2 Å². The average Bonchev–Trinajstić information content (AvgIpc) is 3.42. The molecule has 0 saturated carbocycles. The highest BCUT2D eigenvalue weighted by atomic mass is 32.1. The van der Waals surface area contributed by atoms with E-state index in [2.05, 4.69) is 72.8 Å². The zero-order valence-corrected chi connectivity index (χ0v) is 19.8. The number of fused-ring (bicyclic) bond motifs is 3. The quantitative estimate of drug-likeness (QED) is 0.306. The highest BCUT2D eigenvalue weighted by Crippen LogP contribution is 2.44. The third-order valence-electron chi connectivity index (χ3n) is 6.51. The van der Waals surface area contributed by atoms with Crippen LogP contribution in [0.5, 0.6) is 0 Å². The Kier molecular flexibility index (Phi) is 5.11. The lowest BCUT2D eigenvalue weighted by Gasteiger charge is -2.21. The zero-order chi connectivity index (χ0) is 21.7.